The number of allylic oxidation sites excluding steroid dienone is 1. The van der Waals surface area contributed by atoms with Gasteiger partial charge in [0.1, 0.15) is 11.6 Å². The summed E-state index contributed by atoms with van der Waals surface area (Å²) in [6.07, 6.45) is 10.6. The summed E-state index contributed by atoms with van der Waals surface area (Å²) in [4.78, 5) is 16.5. The molecule has 5 nitrogen and oxygen atoms in total. The number of hydrogen-bond donors (Lipinski definition) is 2. The number of benzene rings is 1. The Balaban J connectivity index is 1.43. The van der Waals surface area contributed by atoms with E-state index < -0.39 is 0 Å². The van der Waals surface area contributed by atoms with Gasteiger partial charge >= 0.3 is 0 Å². The fourth-order valence-electron chi connectivity index (χ4n) is 3.19. The number of carbonyl (C=O) groups is 1. The van der Waals surface area contributed by atoms with Crippen molar-refractivity contribution >= 4 is 17.4 Å². The third kappa shape index (κ3) is 6.13. The molecule has 1 aliphatic rings. The number of amides is 1. The molecule has 2 N–H and O–H groups in total. The Hall–Kier alpha value is -2.82. The van der Waals surface area contributed by atoms with E-state index in [1.54, 1.807) is 18.9 Å². The second-order valence-corrected chi connectivity index (χ2v) is 6.79. The van der Waals surface area contributed by atoms with Crippen LogP contribution in [0.15, 0.2) is 54.2 Å². The maximum atomic E-state index is 12.2. The Morgan fingerprint density at radius 3 is 2.67 bits per heavy atom. The van der Waals surface area contributed by atoms with Gasteiger partial charge in [0, 0.05) is 6.54 Å². The fourth-order valence-corrected chi connectivity index (χ4v) is 3.19. The highest BCUT2D eigenvalue weighted by atomic mass is 16.5. The monoisotopic (exact) mass is 365 g/mol. The summed E-state index contributed by atoms with van der Waals surface area (Å²) in [5, 5.41) is 6.23. The minimum absolute atomic E-state index is 0.0855. The normalized spacial score (nSPS) is 13.6. The number of aromatic nitrogens is 1. The molecule has 0 atom stereocenters. The molecule has 1 aromatic carbocycles. The lowest BCUT2D eigenvalue weighted by Crippen LogP contribution is -2.15. The van der Waals surface area contributed by atoms with Crippen molar-refractivity contribution in [1.82, 2.24) is 4.98 Å². The Morgan fingerprint density at radius 1 is 1.15 bits per heavy atom. The van der Waals surface area contributed by atoms with Crippen LogP contribution in [0.3, 0.4) is 0 Å². The summed E-state index contributed by atoms with van der Waals surface area (Å²) < 4.78 is 5.12. The lowest BCUT2D eigenvalue weighted by atomic mass is 9.97. The molecule has 0 saturated heterocycles. The van der Waals surface area contributed by atoms with Crippen molar-refractivity contribution in [3.63, 3.8) is 0 Å². The molecule has 1 heterocycles. The third-order valence-electron chi connectivity index (χ3n) is 4.71. The molecule has 5 heteroatoms. The summed E-state index contributed by atoms with van der Waals surface area (Å²) in [5.74, 6) is 1.26. The minimum atomic E-state index is -0.0855. The van der Waals surface area contributed by atoms with Crippen molar-refractivity contribution in [3.05, 3.63) is 59.8 Å². The van der Waals surface area contributed by atoms with E-state index in [0.29, 0.717) is 12.2 Å². The van der Waals surface area contributed by atoms with Crippen LogP contribution in [0.2, 0.25) is 0 Å². The number of pyridine rings is 1. The van der Waals surface area contributed by atoms with Crippen LogP contribution in [0.5, 0.6) is 5.75 Å². The smallest absolute Gasteiger partial charge is 0.229 e. The molecular formula is C22H27N3O2. The lowest BCUT2D eigenvalue weighted by molar-refractivity contribution is -0.115. The molecule has 27 heavy (non-hydrogen) atoms. The maximum absolute atomic E-state index is 12.2. The van der Waals surface area contributed by atoms with Crippen molar-refractivity contribution in [2.24, 2.45) is 0 Å². The first-order chi connectivity index (χ1) is 13.2. The summed E-state index contributed by atoms with van der Waals surface area (Å²) in [5.41, 5.74) is 3.47. The molecule has 1 aromatic heterocycles. The number of ether oxygens (including phenoxy) is 1. The first-order valence-electron chi connectivity index (χ1n) is 9.53. The van der Waals surface area contributed by atoms with Crippen molar-refractivity contribution in [2.45, 2.75) is 38.5 Å². The van der Waals surface area contributed by atoms with E-state index in [-0.39, 0.29) is 5.91 Å². The minimum Gasteiger partial charge on any atom is -0.497 e. The molecule has 1 amide bonds. The van der Waals surface area contributed by atoms with E-state index in [0.717, 1.165) is 30.0 Å². The van der Waals surface area contributed by atoms with Crippen LogP contribution in [0.4, 0.5) is 11.5 Å². The Kier molecular flexibility index (Phi) is 6.85. The van der Waals surface area contributed by atoms with Gasteiger partial charge in [-0.1, -0.05) is 23.8 Å². The van der Waals surface area contributed by atoms with Crippen LogP contribution in [0.25, 0.3) is 0 Å². The highest BCUT2D eigenvalue weighted by Crippen LogP contribution is 2.20. The SMILES string of the molecule is COc1ccc(CC(=O)Nc2ccc(NCCC3=CCCCC3)cn2)cc1. The van der Waals surface area contributed by atoms with Crippen molar-refractivity contribution in [1.29, 1.82) is 0 Å². The van der Waals surface area contributed by atoms with E-state index in [9.17, 15) is 4.79 Å². The Labute approximate surface area is 160 Å². The van der Waals surface area contributed by atoms with E-state index in [4.69, 9.17) is 4.74 Å². The van der Waals surface area contributed by atoms with E-state index in [1.807, 2.05) is 36.4 Å². The van der Waals surface area contributed by atoms with E-state index >= 15 is 0 Å². The maximum Gasteiger partial charge on any atom is 0.229 e. The zero-order valence-electron chi connectivity index (χ0n) is 15.8. The number of nitrogens with one attached hydrogen (secondary N) is 2. The van der Waals surface area contributed by atoms with Gasteiger partial charge in [0.25, 0.3) is 0 Å². The van der Waals surface area contributed by atoms with Crippen molar-refractivity contribution in [3.8, 4) is 5.75 Å². The number of methoxy groups -OCH3 is 1. The summed E-state index contributed by atoms with van der Waals surface area (Å²) in [6.45, 7) is 0.913. The summed E-state index contributed by atoms with van der Waals surface area (Å²) in [6, 6.07) is 11.3. The molecule has 0 radical (unpaired) electrons. The van der Waals surface area contributed by atoms with Crippen LogP contribution in [-0.4, -0.2) is 24.5 Å². The summed E-state index contributed by atoms with van der Waals surface area (Å²) >= 11 is 0. The zero-order valence-corrected chi connectivity index (χ0v) is 15.8. The van der Waals surface area contributed by atoms with Crippen LogP contribution in [0.1, 0.15) is 37.7 Å². The second kappa shape index (κ2) is 9.76. The number of anilines is 2. The topological polar surface area (TPSA) is 63.2 Å². The highest BCUT2D eigenvalue weighted by Gasteiger charge is 2.06. The predicted molar refractivity (Wildman–Crippen MR) is 109 cm³/mol. The Bertz CT molecular complexity index is 767. The van der Waals surface area contributed by atoms with Gasteiger partial charge in [0.15, 0.2) is 0 Å². The summed E-state index contributed by atoms with van der Waals surface area (Å²) in [7, 11) is 1.62. The van der Waals surface area contributed by atoms with Gasteiger partial charge < -0.3 is 15.4 Å². The molecule has 0 fully saturated rings. The van der Waals surface area contributed by atoms with Gasteiger partial charge in [-0.25, -0.2) is 4.98 Å². The van der Waals surface area contributed by atoms with Gasteiger partial charge in [-0.3, -0.25) is 4.79 Å². The number of carbonyl (C=O) groups excluding carboxylic acids is 1. The van der Waals surface area contributed by atoms with Crippen LogP contribution in [0, 0.1) is 0 Å². The molecule has 0 aliphatic heterocycles. The fraction of sp³-hybridized carbons (Fsp3) is 0.364. The molecule has 2 aromatic rings. The van der Waals surface area contributed by atoms with Gasteiger partial charge in [-0.05, 0) is 61.9 Å². The largest absolute Gasteiger partial charge is 0.497 e. The third-order valence-corrected chi connectivity index (χ3v) is 4.71. The molecule has 0 saturated carbocycles. The number of hydrogen-bond acceptors (Lipinski definition) is 4. The van der Waals surface area contributed by atoms with Crippen LogP contribution < -0.4 is 15.4 Å². The van der Waals surface area contributed by atoms with Gasteiger partial charge in [0.2, 0.25) is 5.91 Å². The van der Waals surface area contributed by atoms with E-state index in [2.05, 4.69) is 21.7 Å². The lowest BCUT2D eigenvalue weighted by Gasteiger charge is -2.13. The van der Waals surface area contributed by atoms with Crippen molar-refractivity contribution in [2.75, 3.05) is 24.3 Å². The number of rotatable bonds is 8. The van der Waals surface area contributed by atoms with Crippen LogP contribution >= 0.6 is 0 Å². The standard InChI is InChI=1S/C22H27N3O2/c1-27-20-10-7-18(8-11-20)15-22(26)25-21-12-9-19(16-24-21)23-14-13-17-5-3-2-4-6-17/h5,7-12,16,23H,2-4,6,13-15H2,1H3,(H,24,25,26). The second-order valence-electron chi connectivity index (χ2n) is 6.79. The highest BCUT2D eigenvalue weighted by molar-refractivity contribution is 5.91. The first kappa shape index (κ1) is 19.0. The predicted octanol–water partition coefficient (Wildman–Crippen LogP) is 4.57. The van der Waals surface area contributed by atoms with Gasteiger partial charge in [-0.2, -0.15) is 0 Å². The molecule has 3 rings (SSSR count). The molecule has 142 valence electrons. The molecule has 0 spiro atoms. The zero-order chi connectivity index (χ0) is 18.9. The molecule has 0 unspecified atom stereocenters. The Morgan fingerprint density at radius 2 is 2.00 bits per heavy atom. The van der Waals surface area contributed by atoms with Gasteiger partial charge in [0.05, 0.1) is 25.4 Å². The molecular weight excluding hydrogens is 338 g/mol. The average molecular weight is 365 g/mol. The quantitative estimate of drug-likeness (QED) is 0.673. The first-order valence-corrected chi connectivity index (χ1v) is 9.53. The van der Waals surface area contributed by atoms with E-state index in [1.165, 1.54) is 25.7 Å². The molecule has 1 aliphatic carbocycles. The average Bonchev–Trinajstić information content (AvgIpc) is 2.71. The van der Waals surface area contributed by atoms with Gasteiger partial charge in [-0.15, -0.1) is 0 Å². The number of nitrogens with zero attached hydrogens (tertiary/aromatic N) is 1. The van der Waals surface area contributed by atoms with Crippen molar-refractivity contribution < 1.29 is 9.53 Å². The van der Waals surface area contributed by atoms with Crippen LogP contribution in [-0.2, 0) is 11.2 Å². The molecule has 0 bridgehead atoms.